The van der Waals surface area contributed by atoms with E-state index < -0.39 is 0 Å². The Balaban J connectivity index is 1.41. The molecule has 2 aromatic carbocycles. The molecular weight excluding hydrogens is 296 g/mol. The van der Waals surface area contributed by atoms with Gasteiger partial charge in [0.15, 0.2) is 0 Å². The molecule has 24 heavy (non-hydrogen) atoms. The fourth-order valence-corrected chi connectivity index (χ4v) is 4.52. The highest BCUT2D eigenvalue weighted by Crippen LogP contribution is 2.33. The highest BCUT2D eigenvalue weighted by atomic mass is 16.2. The van der Waals surface area contributed by atoms with Gasteiger partial charge in [0.1, 0.15) is 0 Å². The Morgan fingerprint density at radius 3 is 2.58 bits per heavy atom. The Morgan fingerprint density at radius 1 is 1.08 bits per heavy atom. The van der Waals surface area contributed by atoms with E-state index in [9.17, 15) is 4.79 Å². The number of amides is 1. The van der Waals surface area contributed by atoms with E-state index in [4.69, 9.17) is 0 Å². The third-order valence-electron chi connectivity index (χ3n) is 5.75. The smallest absolute Gasteiger partial charge is 0.222 e. The third kappa shape index (κ3) is 3.18. The number of nitrogens with one attached hydrogen (secondary N) is 1. The third-order valence-corrected chi connectivity index (χ3v) is 5.75. The van der Waals surface area contributed by atoms with Crippen molar-refractivity contribution in [2.24, 2.45) is 5.92 Å². The van der Waals surface area contributed by atoms with Crippen LogP contribution in [0.3, 0.4) is 0 Å². The van der Waals surface area contributed by atoms with Crippen LogP contribution in [-0.2, 0) is 11.3 Å². The number of piperidine rings is 1. The second kappa shape index (κ2) is 6.56. The zero-order valence-corrected chi connectivity index (χ0v) is 14.4. The zero-order valence-electron chi connectivity index (χ0n) is 14.4. The minimum absolute atomic E-state index is 0.286. The maximum absolute atomic E-state index is 12.7. The molecule has 2 unspecified atom stereocenters. The van der Waals surface area contributed by atoms with Gasteiger partial charge in [-0.3, -0.25) is 4.79 Å². The Hall–Kier alpha value is -1.87. The van der Waals surface area contributed by atoms with Crippen LogP contribution in [0.5, 0.6) is 0 Å². The van der Waals surface area contributed by atoms with Crippen molar-refractivity contribution in [3.63, 3.8) is 0 Å². The predicted molar refractivity (Wildman–Crippen MR) is 97.7 cm³/mol. The summed E-state index contributed by atoms with van der Waals surface area (Å²) < 4.78 is 0. The number of fused-ring (bicyclic) bond motifs is 3. The molecule has 2 fully saturated rings. The summed E-state index contributed by atoms with van der Waals surface area (Å²) in [6.07, 6.45) is 5.63. The molecule has 2 bridgehead atoms. The molecule has 2 aliphatic heterocycles. The molecule has 0 aliphatic carbocycles. The lowest BCUT2D eigenvalue weighted by Crippen LogP contribution is -2.39. The molecule has 0 spiro atoms. The minimum Gasteiger partial charge on any atom is -0.341 e. The molecule has 1 amide bonds. The molecular formula is C21H26N2O. The van der Waals surface area contributed by atoms with E-state index in [0.717, 1.165) is 0 Å². The van der Waals surface area contributed by atoms with E-state index in [1.165, 1.54) is 42.0 Å². The van der Waals surface area contributed by atoms with Crippen LogP contribution in [0.15, 0.2) is 42.5 Å². The van der Waals surface area contributed by atoms with E-state index in [2.05, 4.69) is 47.8 Å². The fourth-order valence-electron chi connectivity index (χ4n) is 4.52. The molecule has 0 saturated carbocycles. The quantitative estimate of drug-likeness (QED) is 0.930. The van der Waals surface area contributed by atoms with Crippen LogP contribution < -0.4 is 5.32 Å². The second-order valence-electron chi connectivity index (χ2n) is 7.57. The van der Waals surface area contributed by atoms with E-state index >= 15 is 0 Å². The van der Waals surface area contributed by atoms with Crippen molar-refractivity contribution >= 4 is 16.7 Å². The van der Waals surface area contributed by atoms with Gasteiger partial charge in [-0.2, -0.15) is 0 Å². The van der Waals surface area contributed by atoms with Gasteiger partial charge in [0.05, 0.1) is 0 Å². The molecule has 3 heteroatoms. The standard InChI is InChI=1S/C21H26N2O/c1-23(14-17-7-4-6-16-5-2-3-8-20(16)17)21(24)13-15-11-18-9-10-19(12-15)22-18/h2-8,15,18-19,22H,9-14H2,1H3. The topological polar surface area (TPSA) is 32.3 Å². The van der Waals surface area contributed by atoms with Crippen LogP contribution >= 0.6 is 0 Å². The number of hydrogen-bond acceptors (Lipinski definition) is 2. The first kappa shape index (κ1) is 15.6. The molecule has 3 nitrogen and oxygen atoms in total. The highest BCUT2D eigenvalue weighted by Gasteiger charge is 2.34. The minimum atomic E-state index is 0.286. The molecule has 2 saturated heterocycles. The molecule has 2 atom stereocenters. The van der Waals surface area contributed by atoms with Gasteiger partial charge in [-0.15, -0.1) is 0 Å². The highest BCUT2D eigenvalue weighted by molar-refractivity contribution is 5.86. The molecule has 1 N–H and O–H groups in total. The molecule has 126 valence electrons. The van der Waals surface area contributed by atoms with Crippen LogP contribution in [0, 0.1) is 5.92 Å². The van der Waals surface area contributed by atoms with Crippen molar-refractivity contribution in [1.29, 1.82) is 0 Å². The average molecular weight is 322 g/mol. The zero-order chi connectivity index (χ0) is 16.5. The largest absolute Gasteiger partial charge is 0.341 e. The summed E-state index contributed by atoms with van der Waals surface area (Å²) in [5, 5.41) is 6.15. The second-order valence-corrected chi connectivity index (χ2v) is 7.57. The molecule has 2 heterocycles. The van der Waals surface area contributed by atoms with Crippen LogP contribution in [0.25, 0.3) is 10.8 Å². The van der Waals surface area contributed by atoms with Crippen molar-refractivity contribution in [3.8, 4) is 0 Å². The molecule has 0 radical (unpaired) electrons. The summed E-state index contributed by atoms with van der Waals surface area (Å²) >= 11 is 0. The summed E-state index contributed by atoms with van der Waals surface area (Å²) in [7, 11) is 1.94. The predicted octanol–water partition coefficient (Wildman–Crippen LogP) is 3.72. The first-order valence-electron chi connectivity index (χ1n) is 9.15. The number of benzene rings is 2. The summed E-state index contributed by atoms with van der Waals surface area (Å²) in [4.78, 5) is 14.6. The normalized spacial score (nSPS) is 25.8. The van der Waals surface area contributed by atoms with Crippen LogP contribution in [0.2, 0.25) is 0 Å². The number of hydrogen-bond donors (Lipinski definition) is 1. The molecule has 4 rings (SSSR count). The first-order valence-corrected chi connectivity index (χ1v) is 9.15. The molecule has 2 aromatic rings. The van der Waals surface area contributed by atoms with Crippen molar-refractivity contribution in [2.75, 3.05) is 7.05 Å². The van der Waals surface area contributed by atoms with E-state index in [1.807, 2.05) is 11.9 Å². The van der Waals surface area contributed by atoms with Gasteiger partial charge in [-0.1, -0.05) is 42.5 Å². The van der Waals surface area contributed by atoms with Crippen LogP contribution in [-0.4, -0.2) is 29.9 Å². The SMILES string of the molecule is CN(Cc1cccc2ccccc12)C(=O)CC1CC2CCC(C1)N2. The van der Waals surface area contributed by atoms with Crippen molar-refractivity contribution in [2.45, 2.75) is 50.7 Å². The number of nitrogens with zero attached hydrogens (tertiary/aromatic N) is 1. The van der Waals surface area contributed by atoms with Gasteiger partial charge in [0, 0.05) is 32.1 Å². The van der Waals surface area contributed by atoms with Gasteiger partial charge in [-0.25, -0.2) is 0 Å². The Morgan fingerprint density at radius 2 is 1.79 bits per heavy atom. The van der Waals surface area contributed by atoms with Crippen LogP contribution in [0.4, 0.5) is 0 Å². The summed E-state index contributed by atoms with van der Waals surface area (Å²) in [6.45, 7) is 0.692. The lowest BCUT2D eigenvalue weighted by atomic mass is 9.89. The van der Waals surface area contributed by atoms with Gasteiger partial charge in [-0.05, 0) is 47.9 Å². The van der Waals surface area contributed by atoms with Crippen molar-refractivity contribution in [3.05, 3.63) is 48.0 Å². The Labute approximate surface area is 144 Å². The van der Waals surface area contributed by atoms with E-state index in [-0.39, 0.29) is 5.91 Å². The first-order chi connectivity index (χ1) is 11.7. The lowest BCUT2D eigenvalue weighted by molar-refractivity contribution is -0.131. The summed E-state index contributed by atoms with van der Waals surface area (Å²) in [5.41, 5.74) is 1.23. The van der Waals surface area contributed by atoms with Crippen LogP contribution in [0.1, 0.15) is 37.7 Å². The number of carbonyl (C=O) groups is 1. The van der Waals surface area contributed by atoms with Gasteiger partial charge in [0.25, 0.3) is 0 Å². The van der Waals surface area contributed by atoms with E-state index in [0.29, 0.717) is 31.0 Å². The molecule has 2 aliphatic rings. The summed E-state index contributed by atoms with van der Waals surface area (Å²) in [6, 6.07) is 16.1. The van der Waals surface area contributed by atoms with Gasteiger partial charge < -0.3 is 10.2 Å². The number of carbonyl (C=O) groups excluding carboxylic acids is 1. The van der Waals surface area contributed by atoms with Gasteiger partial charge >= 0.3 is 0 Å². The Kier molecular flexibility index (Phi) is 4.28. The maximum Gasteiger partial charge on any atom is 0.222 e. The van der Waals surface area contributed by atoms with Crippen molar-refractivity contribution < 1.29 is 4.79 Å². The summed E-state index contributed by atoms with van der Waals surface area (Å²) in [5.74, 6) is 0.848. The maximum atomic E-state index is 12.7. The van der Waals surface area contributed by atoms with E-state index in [1.54, 1.807) is 0 Å². The fraction of sp³-hybridized carbons (Fsp3) is 0.476. The monoisotopic (exact) mass is 322 g/mol. The number of rotatable bonds is 4. The lowest BCUT2D eigenvalue weighted by Gasteiger charge is -2.30. The van der Waals surface area contributed by atoms with Crippen molar-refractivity contribution in [1.82, 2.24) is 10.2 Å². The Bertz CT molecular complexity index is 724. The van der Waals surface area contributed by atoms with Gasteiger partial charge in [0.2, 0.25) is 5.91 Å². The molecule has 0 aromatic heterocycles. The average Bonchev–Trinajstić information content (AvgIpc) is 2.93.